The molecule has 1 heterocycles. The topological polar surface area (TPSA) is 30.9 Å². The number of aliphatic imine (C=N–C) groups is 1. The predicted molar refractivity (Wildman–Crippen MR) is 90.8 cm³/mol. The second-order valence-electron chi connectivity index (χ2n) is 7.58. The second-order valence-corrected chi connectivity index (χ2v) is 7.58. The van der Waals surface area contributed by atoms with Crippen molar-refractivity contribution in [2.45, 2.75) is 58.4 Å². The first-order valence-electron chi connectivity index (χ1n) is 8.68. The zero-order chi connectivity index (χ0) is 15.3. The van der Waals surface area contributed by atoms with Gasteiger partial charge in [-0.25, -0.2) is 0 Å². The molecular weight excluding hydrogens is 260 g/mol. The van der Waals surface area contributed by atoms with Crippen LogP contribution in [0.5, 0.6) is 0 Å². The van der Waals surface area contributed by atoms with Crippen LogP contribution in [-0.4, -0.2) is 62.1 Å². The molecule has 1 aliphatic heterocycles. The van der Waals surface area contributed by atoms with Crippen LogP contribution in [0.3, 0.4) is 0 Å². The van der Waals surface area contributed by atoms with E-state index in [0.717, 1.165) is 38.2 Å². The first-order valence-corrected chi connectivity index (χ1v) is 8.68. The van der Waals surface area contributed by atoms with E-state index in [4.69, 9.17) is 0 Å². The fourth-order valence-corrected chi connectivity index (χ4v) is 3.67. The Balaban J connectivity index is 1.71. The lowest BCUT2D eigenvalue weighted by Crippen LogP contribution is -2.45. The summed E-state index contributed by atoms with van der Waals surface area (Å²) in [5.41, 5.74) is 0.427. The molecule has 0 bridgehead atoms. The van der Waals surface area contributed by atoms with Gasteiger partial charge in [0.15, 0.2) is 5.96 Å². The van der Waals surface area contributed by atoms with Crippen molar-refractivity contribution >= 4 is 5.96 Å². The summed E-state index contributed by atoms with van der Waals surface area (Å²) in [6, 6.07) is 0.799. The van der Waals surface area contributed by atoms with Gasteiger partial charge in [-0.1, -0.05) is 33.1 Å². The highest BCUT2D eigenvalue weighted by molar-refractivity contribution is 5.80. The van der Waals surface area contributed by atoms with Crippen LogP contribution in [0, 0.1) is 5.41 Å². The van der Waals surface area contributed by atoms with Crippen molar-refractivity contribution in [2.75, 3.05) is 40.3 Å². The van der Waals surface area contributed by atoms with Crippen molar-refractivity contribution in [1.82, 2.24) is 15.1 Å². The van der Waals surface area contributed by atoms with Gasteiger partial charge in [-0.2, -0.15) is 0 Å². The Morgan fingerprint density at radius 2 is 2.00 bits per heavy atom. The van der Waals surface area contributed by atoms with Crippen molar-refractivity contribution in [3.63, 3.8) is 0 Å². The Morgan fingerprint density at radius 1 is 1.29 bits per heavy atom. The quantitative estimate of drug-likeness (QED) is 0.638. The predicted octanol–water partition coefficient (Wildman–Crippen LogP) is 2.56. The molecule has 0 aromatic carbocycles. The van der Waals surface area contributed by atoms with Crippen LogP contribution in [0.25, 0.3) is 0 Å². The molecular formula is C17H34N4. The van der Waals surface area contributed by atoms with E-state index in [0.29, 0.717) is 5.41 Å². The summed E-state index contributed by atoms with van der Waals surface area (Å²) in [5.74, 6) is 1.08. The summed E-state index contributed by atoms with van der Waals surface area (Å²) in [6.07, 6.45) is 8.27. The third-order valence-corrected chi connectivity index (χ3v) is 5.13. The summed E-state index contributed by atoms with van der Waals surface area (Å²) >= 11 is 0. The SMILES string of the molecule is CN=C(NCCN(C)C1CCCCC1)N1CCC(C)(C)C1. The normalized spacial score (nSPS) is 23.9. The molecule has 1 saturated heterocycles. The fraction of sp³-hybridized carbons (Fsp3) is 0.941. The maximum absolute atomic E-state index is 4.46. The molecule has 1 N–H and O–H groups in total. The molecule has 0 aromatic heterocycles. The number of nitrogens with zero attached hydrogens (tertiary/aromatic N) is 3. The van der Waals surface area contributed by atoms with Crippen molar-refractivity contribution in [3.05, 3.63) is 0 Å². The number of rotatable bonds is 4. The maximum atomic E-state index is 4.46. The van der Waals surface area contributed by atoms with Gasteiger partial charge >= 0.3 is 0 Å². The van der Waals surface area contributed by atoms with Crippen molar-refractivity contribution in [1.29, 1.82) is 0 Å². The van der Waals surface area contributed by atoms with Crippen molar-refractivity contribution < 1.29 is 0 Å². The van der Waals surface area contributed by atoms with Gasteiger partial charge in [-0.3, -0.25) is 4.99 Å². The summed E-state index contributed by atoms with van der Waals surface area (Å²) < 4.78 is 0. The maximum Gasteiger partial charge on any atom is 0.193 e. The third kappa shape index (κ3) is 4.87. The smallest absolute Gasteiger partial charge is 0.193 e. The van der Waals surface area contributed by atoms with Gasteiger partial charge < -0.3 is 15.1 Å². The first kappa shape index (κ1) is 16.6. The Labute approximate surface area is 131 Å². The molecule has 0 amide bonds. The highest BCUT2D eigenvalue weighted by Crippen LogP contribution is 2.28. The number of hydrogen-bond acceptors (Lipinski definition) is 2. The standard InChI is InChI=1S/C17H34N4/c1-17(2)10-12-21(14-17)16(18-3)19-11-13-20(4)15-8-6-5-7-9-15/h15H,5-14H2,1-4H3,(H,18,19). The average Bonchev–Trinajstić information content (AvgIpc) is 2.84. The minimum Gasteiger partial charge on any atom is -0.355 e. The minimum absolute atomic E-state index is 0.427. The van der Waals surface area contributed by atoms with E-state index in [1.165, 1.54) is 38.5 Å². The first-order chi connectivity index (χ1) is 10.0. The molecule has 2 fully saturated rings. The van der Waals surface area contributed by atoms with E-state index < -0.39 is 0 Å². The van der Waals surface area contributed by atoms with Gasteiger partial charge in [-0.15, -0.1) is 0 Å². The zero-order valence-electron chi connectivity index (χ0n) is 14.5. The van der Waals surface area contributed by atoms with Crippen LogP contribution >= 0.6 is 0 Å². The second kappa shape index (κ2) is 7.48. The van der Waals surface area contributed by atoms with Gasteiger partial charge in [0.2, 0.25) is 0 Å². The minimum atomic E-state index is 0.427. The van der Waals surface area contributed by atoms with Crippen LogP contribution in [0.15, 0.2) is 4.99 Å². The third-order valence-electron chi connectivity index (χ3n) is 5.13. The molecule has 0 atom stereocenters. The number of guanidine groups is 1. The van der Waals surface area contributed by atoms with E-state index in [-0.39, 0.29) is 0 Å². The van der Waals surface area contributed by atoms with E-state index >= 15 is 0 Å². The molecule has 2 rings (SSSR count). The summed E-state index contributed by atoms with van der Waals surface area (Å²) in [6.45, 7) is 9.04. The monoisotopic (exact) mass is 294 g/mol. The van der Waals surface area contributed by atoms with Crippen LogP contribution in [-0.2, 0) is 0 Å². The number of likely N-dealkylation sites (N-methyl/N-ethyl adjacent to an activating group) is 1. The molecule has 21 heavy (non-hydrogen) atoms. The van der Waals surface area contributed by atoms with Crippen molar-refractivity contribution in [2.24, 2.45) is 10.4 Å². The highest BCUT2D eigenvalue weighted by atomic mass is 15.3. The summed E-state index contributed by atoms with van der Waals surface area (Å²) in [4.78, 5) is 9.40. The Kier molecular flexibility index (Phi) is 5.91. The molecule has 4 nitrogen and oxygen atoms in total. The molecule has 0 radical (unpaired) electrons. The van der Waals surface area contributed by atoms with Crippen molar-refractivity contribution in [3.8, 4) is 0 Å². The largest absolute Gasteiger partial charge is 0.355 e. The molecule has 122 valence electrons. The Morgan fingerprint density at radius 3 is 2.57 bits per heavy atom. The number of nitrogens with one attached hydrogen (secondary N) is 1. The molecule has 2 aliphatic rings. The highest BCUT2D eigenvalue weighted by Gasteiger charge is 2.30. The van der Waals surface area contributed by atoms with Crippen LogP contribution < -0.4 is 5.32 Å². The Hall–Kier alpha value is -0.770. The van der Waals surface area contributed by atoms with E-state index in [2.05, 4.69) is 41.0 Å². The van der Waals surface area contributed by atoms with Gasteiger partial charge in [0, 0.05) is 39.3 Å². The van der Waals surface area contributed by atoms with Crippen LogP contribution in [0.4, 0.5) is 0 Å². The number of hydrogen-bond donors (Lipinski definition) is 1. The van der Waals surface area contributed by atoms with Gasteiger partial charge in [0.25, 0.3) is 0 Å². The zero-order valence-corrected chi connectivity index (χ0v) is 14.5. The lowest BCUT2D eigenvalue weighted by Gasteiger charge is -2.31. The van der Waals surface area contributed by atoms with Crippen LogP contribution in [0.2, 0.25) is 0 Å². The van der Waals surface area contributed by atoms with Gasteiger partial charge in [0.1, 0.15) is 0 Å². The average molecular weight is 294 g/mol. The number of likely N-dealkylation sites (tertiary alicyclic amines) is 1. The summed E-state index contributed by atoms with van der Waals surface area (Å²) in [5, 5.41) is 3.55. The molecule has 0 spiro atoms. The lowest BCUT2D eigenvalue weighted by atomic mass is 9.93. The van der Waals surface area contributed by atoms with Gasteiger partial charge in [0.05, 0.1) is 0 Å². The molecule has 0 aromatic rings. The fourth-order valence-electron chi connectivity index (χ4n) is 3.67. The molecule has 1 aliphatic carbocycles. The Bertz CT molecular complexity index is 345. The van der Waals surface area contributed by atoms with Gasteiger partial charge in [-0.05, 0) is 31.7 Å². The van der Waals surface area contributed by atoms with E-state index in [1.807, 2.05) is 7.05 Å². The van der Waals surface area contributed by atoms with E-state index in [1.54, 1.807) is 0 Å². The molecule has 1 saturated carbocycles. The molecule has 4 heteroatoms. The molecule has 0 unspecified atom stereocenters. The lowest BCUT2D eigenvalue weighted by molar-refractivity contribution is 0.194. The summed E-state index contributed by atoms with van der Waals surface area (Å²) in [7, 11) is 4.18. The van der Waals surface area contributed by atoms with E-state index in [9.17, 15) is 0 Å². The van der Waals surface area contributed by atoms with Crippen LogP contribution in [0.1, 0.15) is 52.4 Å².